The van der Waals surface area contributed by atoms with Gasteiger partial charge in [-0.25, -0.2) is 6.04 Å². The molecule has 0 saturated heterocycles. The fourth-order valence-corrected chi connectivity index (χ4v) is 0. The van der Waals surface area contributed by atoms with Gasteiger partial charge < -0.3 is 5.73 Å². The van der Waals surface area contributed by atoms with E-state index in [9.17, 15) is 0 Å². The van der Waals surface area contributed by atoms with Gasteiger partial charge in [-0.1, -0.05) is 0 Å². The Kier molecular flexibility index (Phi) is 22.4. The van der Waals surface area contributed by atoms with Crippen molar-refractivity contribution in [2.75, 3.05) is 0 Å². The topological polar surface area (TPSA) is 23.8 Å². The molecule has 0 aliphatic heterocycles. The quantitative estimate of drug-likeness (QED) is 0.222. The van der Waals surface area contributed by atoms with Crippen LogP contribution < -0.4 is 29.6 Å². The zero-order valence-corrected chi connectivity index (χ0v) is 4.58. The van der Waals surface area contributed by atoms with E-state index >= 15 is 0 Å². The number of rotatable bonds is 0. The third-order valence-electron chi connectivity index (χ3n) is 0. The van der Waals surface area contributed by atoms with E-state index in [1.165, 1.54) is 6.04 Å². The van der Waals surface area contributed by atoms with Gasteiger partial charge in [0.1, 0.15) is 0 Å². The average Bonchev–Trinajstić information content (AvgIpc) is 0.918. The van der Waals surface area contributed by atoms with Gasteiger partial charge in [0.25, 0.3) is 0 Å². The molecule has 4 heavy (non-hydrogen) atoms. The molecule has 0 amide bonds. The second-order valence-electron chi connectivity index (χ2n) is 0.144. The van der Waals surface area contributed by atoms with Gasteiger partial charge in [0.05, 0.1) is 0 Å². The maximum atomic E-state index is 5.74. The van der Waals surface area contributed by atoms with Gasteiger partial charge in [-0.3, -0.25) is 0 Å². The van der Waals surface area contributed by atoms with Crippen LogP contribution in [-0.2, 0) is 0 Å². The van der Waals surface area contributed by atoms with Crippen LogP contribution in [0.5, 0.6) is 0 Å². The maximum Gasteiger partial charge on any atom is 1.00 e. The predicted molar refractivity (Wildman–Crippen MR) is 13.2 cm³/mol. The van der Waals surface area contributed by atoms with Crippen molar-refractivity contribution in [2.24, 2.45) is 0 Å². The summed E-state index contributed by atoms with van der Waals surface area (Å²) < 4.78 is 0. The summed E-state index contributed by atoms with van der Waals surface area (Å²) >= 11 is 0. The van der Waals surface area contributed by atoms with Crippen molar-refractivity contribution in [3.63, 3.8) is 0 Å². The van der Waals surface area contributed by atoms with Crippen molar-refractivity contribution in [3.05, 3.63) is 5.73 Å². The Morgan fingerprint density at radius 1 is 1.75 bits per heavy atom. The fourth-order valence-electron chi connectivity index (χ4n) is 0. The van der Waals surface area contributed by atoms with Crippen LogP contribution in [0, 0.1) is 12.5 Å². The first-order valence-electron chi connectivity index (χ1n) is 0.539. The Labute approximate surface area is 47.9 Å². The molecule has 0 heterocycles. The van der Waals surface area contributed by atoms with E-state index < -0.39 is 0 Å². The fraction of sp³-hybridized carbons (Fsp3) is 0. The van der Waals surface area contributed by atoms with Crippen molar-refractivity contribution >= 4 is 0 Å². The molecule has 2 heteroatoms. The van der Waals surface area contributed by atoms with E-state index in [1.807, 2.05) is 0 Å². The molecule has 0 unspecified atom stereocenters. The average molecular weight is 63.0 g/mol. The second-order valence-corrected chi connectivity index (χ2v) is 0.144. The molecule has 0 saturated carbocycles. The number of hydrogen-bond donors (Lipinski definition) is 0. The summed E-state index contributed by atoms with van der Waals surface area (Å²) in [5.41, 5.74) is 5.74. The molecule has 0 radical (unpaired) electrons. The molecular weight excluding hydrogens is 61.0 g/mol. The first-order chi connectivity index (χ1) is 1.41. The van der Waals surface area contributed by atoms with E-state index in [-0.39, 0.29) is 29.6 Å². The Bertz CT molecular complexity index is 27.5. The molecule has 0 aliphatic carbocycles. The first-order valence-corrected chi connectivity index (χ1v) is 0.539. The molecule has 0 aliphatic rings. The van der Waals surface area contributed by atoms with Crippen LogP contribution in [0.3, 0.4) is 0 Å². The summed E-state index contributed by atoms with van der Waals surface area (Å²) in [6.07, 6.45) is 4.26. The zero-order chi connectivity index (χ0) is 2.71. The van der Waals surface area contributed by atoms with Crippen LogP contribution >= 0.6 is 0 Å². The summed E-state index contributed by atoms with van der Waals surface area (Å²) in [7, 11) is 0. The van der Waals surface area contributed by atoms with Crippen LogP contribution in [0.15, 0.2) is 0 Å². The minimum atomic E-state index is 0. The Morgan fingerprint density at radius 2 is 1.75 bits per heavy atom. The summed E-state index contributed by atoms with van der Waals surface area (Å²) in [6.45, 7) is 0. The molecule has 0 aromatic heterocycles. The van der Waals surface area contributed by atoms with E-state index in [2.05, 4.69) is 6.42 Å². The monoisotopic (exact) mass is 63.0 g/mol. The molecular formula is C2H2NNa. The van der Waals surface area contributed by atoms with Crippen LogP contribution in [0.1, 0.15) is 0 Å². The second kappa shape index (κ2) is 10.1. The first kappa shape index (κ1) is 8.84. The van der Waals surface area contributed by atoms with Gasteiger partial charge in [-0.05, 0) is 0 Å². The molecule has 0 aromatic carbocycles. The largest absolute Gasteiger partial charge is 1.00 e. The minimum Gasteiger partial charge on any atom is -0.657 e. The maximum absolute atomic E-state index is 5.74. The minimum absolute atomic E-state index is 0. The molecule has 0 atom stereocenters. The predicted octanol–water partition coefficient (Wildman–Crippen LogP) is -2.37. The van der Waals surface area contributed by atoms with Crippen LogP contribution in [0.2, 0.25) is 0 Å². The summed E-state index contributed by atoms with van der Waals surface area (Å²) in [4.78, 5) is 0. The van der Waals surface area contributed by atoms with Gasteiger partial charge in [0, 0.05) is 0 Å². The number of terminal acetylenes is 1. The Hall–Kier alpha value is 0.360. The van der Waals surface area contributed by atoms with E-state index in [0.29, 0.717) is 0 Å². The SMILES string of the molecule is C#C[NH-].[Na+]. The van der Waals surface area contributed by atoms with E-state index in [4.69, 9.17) is 5.73 Å². The Balaban J connectivity index is 0. The molecule has 1 nitrogen and oxygen atoms in total. The van der Waals surface area contributed by atoms with E-state index in [1.54, 1.807) is 0 Å². The summed E-state index contributed by atoms with van der Waals surface area (Å²) in [5.74, 6) is 0. The zero-order valence-electron chi connectivity index (χ0n) is 2.58. The van der Waals surface area contributed by atoms with Gasteiger partial charge >= 0.3 is 29.6 Å². The summed E-state index contributed by atoms with van der Waals surface area (Å²) in [5, 5.41) is 0. The molecule has 1 N–H and O–H groups in total. The van der Waals surface area contributed by atoms with Crippen LogP contribution in [0.4, 0.5) is 0 Å². The molecule has 0 spiro atoms. The third kappa shape index (κ3) is 33.7. The molecule has 0 rings (SSSR count). The van der Waals surface area contributed by atoms with Crippen LogP contribution in [0.25, 0.3) is 5.73 Å². The molecule has 0 bridgehead atoms. The van der Waals surface area contributed by atoms with Gasteiger partial charge in [0.15, 0.2) is 0 Å². The smallest absolute Gasteiger partial charge is 0.657 e. The van der Waals surface area contributed by atoms with Crippen molar-refractivity contribution < 1.29 is 29.6 Å². The van der Waals surface area contributed by atoms with Crippen LogP contribution in [-0.4, -0.2) is 0 Å². The van der Waals surface area contributed by atoms with Crippen molar-refractivity contribution in [1.29, 1.82) is 0 Å². The van der Waals surface area contributed by atoms with E-state index in [0.717, 1.165) is 0 Å². The number of hydrogen-bond acceptors (Lipinski definition) is 0. The molecule has 0 fully saturated rings. The standard InChI is InChI=1S/C2H2N.Na/c1-2-3;/h1,3H;/q-1;+1. The Morgan fingerprint density at radius 3 is 1.75 bits per heavy atom. The van der Waals surface area contributed by atoms with Gasteiger partial charge in [-0.15, -0.1) is 6.42 Å². The number of nitrogens with one attached hydrogen (secondary N) is 1. The van der Waals surface area contributed by atoms with Crippen molar-refractivity contribution in [2.45, 2.75) is 0 Å². The third-order valence-corrected chi connectivity index (χ3v) is 0. The molecule has 16 valence electrons. The summed E-state index contributed by atoms with van der Waals surface area (Å²) in [6, 6.07) is 1.50. The van der Waals surface area contributed by atoms with Crippen molar-refractivity contribution in [3.8, 4) is 12.5 Å². The van der Waals surface area contributed by atoms with Gasteiger partial charge in [0.2, 0.25) is 0 Å². The normalized spacial score (nSPS) is 1.75. The van der Waals surface area contributed by atoms with Crippen molar-refractivity contribution in [1.82, 2.24) is 0 Å². The van der Waals surface area contributed by atoms with Gasteiger partial charge in [-0.2, -0.15) is 0 Å². The molecule has 0 aromatic rings.